The first-order valence-electron chi connectivity index (χ1n) is 5.13. The molecule has 7 nitrogen and oxygen atoms in total. The molecule has 8 heteroatoms. The summed E-state index contributed by atoms with van der Waals surface area (Å²) in [6, 6.07) is 3.24. The van der Waals surface area contributed by atoms with Crippen LogP contribution in [0.25, 0.3) is 0 Å². The van der Waals surface area contributed by atoms with Crippen LogP contribution in [-0.4, -0.2) is 28.7 Å². The summed E-state index contributed by atoms with van der Waals surface area (Å²) in [7, 11) is -2.49. The van der Waals surface area contributed by atoms with Gasteiger partial charge in [-0.3, -0.25) is 4.18 Å². The van der Waals surface area contributed by atoms with Crippen molar-refractivity contribution in [1.29, 1.82) is 0 Å². The lowest BCUT2D eigenvalue weighted by atomic mass is 10.2. The minimum absolute atomic E-state index is 0.189. The van der Waals surface area contributed by atoms with Crippen LogP contribution in [0.1, 0.15) is 5.56 Å². The number of methoxy groups -OCH3 is 1. The van der Waals surface area contributed by atoms with Gasteiger partial charge in [0.2, 0.25) is 5.75 Å². The number of benzene rings is 1. The average molecular weight is 275 g/mol. The summed E-state index contributed by atoms with van der Waals surface area (Å²) in [6.07, 6.45) is 0. The maximum absolute atomic E-state index is 10.7. The van der Waals surface area contributed by atoms with Crippen LogP contribution in [0.5, 0.6) is 17.2 Å². The standard InChI is InChI=1S/C10H13NO6S/c1-14-8-4-7(6-17-18(11,12)13)5-9-10(8)16-3-2-15-9/h4-5H,2-3,6H2,1H3,(H2,11,12,13). The lowest BCUT2D eigenvalue weighted by Gasteiger charge is -2.21. The van der Waals surface area contributed by atoms with Crippen molar-refractivity contribution in [2.45, 2.75) is 6.61 Å². The maximum Gasteiger partial charge on any atom is 0.333 e. The largest absolute Gasteiger partial charge is 0.493 e. The number of rotatable bonds is 4. The van der Waals surface area contributed by atoms with Gasteiger partial charge >= 0.3 is 10.3 Å². The van der Waals surface area contributed by atoms with E-state index >= 15 is 0 Å². The monoisotopic (exact) mass is 275 g/mol. The van der Waals surface area contributed by atoms with E-state index in [1.165, 1.54) is 7.11 Å². The summed E-state index contributed by atoms with van der Waals surface area (Å²) in [6.45, 7) is 0.678. The van der Waals surface area contributed by atoms with Crippen LogP contribution in [-0.2, 0) is 21.1 Å². The molecule has 1 aromatic rings. The maximum atomic E-state index is 10.7. The zero-order chi connectivity index (χ0) is 13.2. The second-order valence-electron chi connectivity index (χ2n) is 3.58. The highest BCUT2D eigenvalue weighted by Gasteiger charge is 2.19. The predicted octanol–water partition coefficient (Wildman–Crippen LogP) is 0.186. The molecule has 0 spiro atoms. The average Bonchev–Trinajstić information content (AvgIpc) is 2.34. The van der Waals surface area contributed by atoms with Crippen molar-refractivity contribution in [3.63, 3.8) is 0 Å². The lowest BCUT2D eigenvalue weighted by molar-refractivity contribution is 0.164. The molecule has 2 N–H and O–H groups in total. The normalized spacial score (nSPS) is 14.3. The first-order chi connectivity index (χ1) is 8.49. The molecule has 0 atom stereocenters. The molecule has 0 amide bonds. The van der Waals surface area contributed by atoms with Crippen molar-refractivity contribution >= 4 is 10.3 Å². The summed E-state index contributed by atoms with van der Waals surface area (Å²) >= 11 is 0. The Balaban J connectivity index is 2.27. The molecule has 1 aliphatic rings. The Labute approximate surface area is 105 Å². The van der Waals surface area contributed by atoms with Crippen LogP contribution in [0.4, 0.5) is 0 Å². The Morgan fingerprint density at radius 3 is 2.72 bits per heavy atom. The number of ether oxygens (including phenoxy) is 3. The Kier molecular flexibility index (Phi) is 3.60. The first-order valence-corrected chi connectivity index (χ1v) is 6.60. The van der Waals surface area contributed by atoms with Crippen molar-refractivity contribution in [2.75, 3.05) is 20.3 Å². The Morgan fingerprint density at radius 2 is 2.06 bits per heavy atom. The van der Waals surface area contributed by atoms with E-state index in [-0.39, 0.29) is 6.61 Å². The zero-order valence-electron chi connectivity index (χ0n) is 9.71. The molecule has 0 saturated carbocycles. The fourth-order valence-corrected chi connectivity index (χ4v) is 1.86. The summed E-state index contributed by atoms with van der Waals surface area (Å²) in [5, 5.41) is 4.75. The van der Waals surface area contributed by atoms with Gasteiger partial charge in [0.25, 0.3) is 0 Å². The number of hydrogen-bond donors (Lipinski definition) is 1. The van der Waals surface area contributed by atoms with Crippen molar-refractivity contribution < 1.29 is 26.8 Å². The van der Waals surface area contributed by atoms with E-state index < -0.39 is 10.3 Å². The number of nitrogens with two attached hydrogens (primary N) is 1. The Morgan fingerprint density at radius 1 is 1.33 bits per heavy atom. The molecule has 0 saturated heterocycles. The summed E-state index contributed by atoms with van der Waals surface area (Å²) in [4.78, 5) is 0. The van der Waals surface area contributed by atoms with Gasteiger partial charge in [-0.15, -0.1) is 0 Å². The highest BCUT2D eigenvalue weighted by molar-refractivity contribution is 7.84. The first kappa shape index (κ1) is 12.9. The fraction of sp³-hybridized carbons (Fsp3) is 0.400. The molecule has 0 aliphatic carbocycles. The van der Waals surface area contributed by atoms with Crippen LogP contribution < -0.4 is 19.3 Å². The second-order valence-corrected chi connectivity index (χ2v) is 4.80. The summed E-state index contributed by atoms with van der Waals surface area (Å²) < 4.78 is 41.9. The van der Waals surface area contributed by atoms with E-state index in [4.69, 9.17) is 19.3 Å². The second kappa shape index (κ2) is 5.01. The molecule has 0 radical (unpaired) electrons. The molecule has 0 unspecified atom stereocenters. The molecule has 1 heterocycles. The third kappa shape index (κ3) is 3.03. The molecule has 18 heavy (non-hydrogen) atoms. The molecule has 1 aliphatic heterocycles. The fourth-order valence-electron chi connectivity index (χ4n) is 1.56. The SMILES string of the molecule is COc1cc(COS(N)(=O)=O)cc2c1OCCO2. The molecular formula is C10H13NO6S. The van der Waals surface area contributed by atoms with Crippen LogP contribution in [0, 0.1) is 0 Å². The van der Waals surface area contributed by atoms with E-state index in [9.17, 15) is 8.42 Å². The van der Waals surface area contributed by atoms with E-state index in [1.54, 1.807) is 12.1 Å². The number of fused-ring (bicyclic) bond motifs is 1. The van der Waals surface area contributed by atoms with E-state index in [0.717, 1.165) is 0 Å². The highest BCUT2D eigenvalue weighted by atomic mass is 32.2. The van der Waals surface area contributed by atoms with Crippen molar-refractivity contribution in [2.24, 2.45) is 5.14 Å². The molecule has 0 aromatic heterocycles. The van der Waals surface area contributed by atoms with Gasteiger partial charge in [0, 0.05) is 0 Å². The molecule has 0 bridgehead atoms. The van der Waals surface area contributed by atoms with Gasteiger partial charge in [0.1, 0.15) is 13.2 Å². The van der Waals surface area contributed by atoms with Crippen LogP contribution in [0.2, 0.25) is 0 Å². The summed E-state index contributed by atoms with van der Waals surface area (Å²) in [5.74, 6) is 1.46. The minimum atomic E-state index is -3.98. The van der Waals surface area contributed by atoms with E-state index in [0.29, 0.717) is 36.0 Å². The Bertz CT molecular complexity index is 524. The van der Waals surface area contributed by atoms with Gasteiger partial charge < -0.3 is 14.2 Å². The van der Waals surface area contributed by atoms with Gasteiger partial charge in [-0.25, -0.2) is 5.14 Å². The van der Waals surface area contributed by atoms with E-state index in [1.807, 2.05) is 0 Å². The van der Waals surface area contributed by atoms with Crippen LogP contribution >= 0.6 is 0 Å². The molecule has 0 fully saturated rings. The topological polar surface area (TPSA) is 97.1 Å². The van der Waals surface area contributed by atoms with Crippen molar-refractivity contribution in [1.82, 2.24) is 0 Å². The minimum Gasteiger partial charge on any atom is -0.493 e. The third-order valence-electron chi connectivity index (χ3n) is 2.28. The molecule has 1 aromatic carbocycles. The zero-order valence-corrected chi connectivity index (χ0v) is 10.5. The van der Waals surface area contributed by atoms with Gasteiger partial charge in [0.05, 0.1) is 13.7 Å². The smallest absolute Gasteiger partial charge is 0.333 e. The summed E-state index contributed by atoms with van der Waals surface area (Å²) in [5.41, 5.74) is 0.560. The van der Waals surface area contributed by atoms with Crippen molar-refractivity contribution in [3.05, 3.63) is 17.7 Å². The lowest BCUT2D eigenvalue weighted by Crippen LogP contribution is -2.17. The van der Waals surface area contributed by atoms with Gasteiger partial charge in [-0.2, -0.15) is 8.42 Å². The van der Waals surface area contributed by atoms with Crippen LogP contribution in [0.15, 0.2) is 12.1 Å². The molecule has 100 valence electrons. The van der Waals surface area contributed by atoms with E-state index in [2.05, 4.69) is 4.18 Å². The van der Waals surface area contributed by atoms with Gasteiger partial charge in [0.15, 0.2) is 11.5 Å². The van der Waals surface area contributed by atoms with Crippen molar-refractivity contribution in [3.8, 4) is 17.2 Å². The van der Waals surface area contributed by atoms with Gasteiger partial charge in [-0.1, -0.05) is 0 Å². The molecule has 2 rings (SSSR count). The van der Waals surface area contributed by atoms with Gasteiger partial charge in [-0.05, 0) is 17.7 Å². The molecular weight excluding hydrogens is 262 g/mol. The number of hydrogen-bond acceptors (Lipinski definition) is 6. The Hall–Kier alpha value is -1.51. The predicted molar refractivity (Wildman–Crippen MR) is 61.9 cm³/mol. The quantitative estimate of drug-likeness (QED) is 0.842. The highest BCUT2D eigenvalue weighted by Crippen LogP contribution is 2.40. The third-order valence-corrected chi connectivity index (χ3v) is 2.72. The van der Waals surface area contributed by atoms with Crippen LogP contribution in [0.3, 0.4) is 0 Å².